The van der Waals surface area contributed by atoms with Crippen LogP contribution in [0.1, 0.15) is 21.5 Å². The van der Waals surface area contributed by atoms with Crippen molar-refractivity contribution in [3.63, 3.8) is 0 Å². The van der Waals surface area contributed by atoms with E-state index in [9.17, 15) is 14.9 Å². The molecule has 0 amide bonds. The lowest BCUT2D eigenvalue weighted by Gasteiger charge is -1.99. The number of nitro groups is 1. The second kappa shape index (κ2) is 6.33. The number of allylic oxidation sites excluding steroid dienone is 1. The van der Waals surface area contributed by atoms with Gasteiger partial charge in [0.25, 0.3) is 5.69 Å². The number of carbonyl (C=O) groups is 1. The van der Waals surface area contributed by atoms with Crippen LogP contribution in [0.15, 0.2) is 48.5 Å². The van der Waals surface area contributed by atoms with E-state index in [4.69, 9.17) is 11.6 Å². The van der Waals surface area contributed by atoms with E-state index >= 15 is 0 Å². The number of ketones is 1. The van der Waals surface area contributed by atoms with E-state index in [1.807, 2.05) is 31.2 Å². The van der Waals surface area contributed by atoms with Crippen LogP contribution in [0.2, 0.25) is 5.02 Å². The van der Waals surface area contributed by atoms with Crippen molar-refractivity contribution in [1.82, 2.24) is 0 Å². The molecular weight excluding hydrogens is 290 g/mol. The van der Waals surface area contributed by atoms with Crippen LogP contribution < -0.4 is 0 Å². The van der Waals surface area contributed by atoms with Gasteiger partial charge in [-0.15, -0.1) is 0 Å². The standard InChI is InChI=1S/C16H12ClNO3/c1-11-2-4-12(5-3-11)6-9-16(19)13-7-8-14(17)15(10-13)18(20)21/h2-10H,1H3/b9-6+. The van der Waals surface area contributed by atoms with Crippen LogP contribution >= 0.6 is 11.6 Å². The van der Waals surface area contributed by atoms with Gasteiger partial charge in [-0.05, 0) is 30.7 Å². The van der Waals surface area contributed by atoms with Gasteiger partial charge in [0, 0.05) is 11.6 Å². The molecule has 2 rings (SSSR count). The van der Waals surface area contributed by atoms with Crippen molar-refractivity contribution in [3.05, 3.63) is 80.4 Å². The molecule has 0 aliphatic rings. The van der Waals surface area contributed by atoms with Crippen LogP contribution in [0.3, 0.4) is 0 Å². The third-order valence-corrected chi connectivity index (χ3v) is 3.25. The Morgan fingerprint density at radius 2 is 1.86 bits per heavy atom. The van der Waals surface area contributed by atoms with E-state index < -0.39 is 4.92 Å². The molecule has 0 aliphatic carbocycles. The van der Waals surface area contributed by atoms with E-state index in [0.29, 0.717) is 0 Å². The number of halogens is 1. The number of rotatable bonds is 4. The lowest BCUT2D eigenvalue weighted by molar-refractivity contribution is -0.384. The first-order valence-corrected chi connectivity index (χ1v) is 6.58. The average molecular weight is 302 g/mol. The first-order chi connectivity index (χ1) is 9.97. The molecule has 0 N–H and O–H groups in total. The summed E-state index contributed by atoms with van der Waals surface area (Å²) in [5, 5.41) is 10.8. The highest BCUT2D eigenvalue weighted by molar-refractivity contribution is 6.32. The summed E-state index contributed by atoms with van der Waals surface area (Å²) in [5.74, 6) is -0.310. The summed E-state index contributed by atoms with van der Waals surface area (Å²) in [4.78, 5) is 22.2. The molecule has 21 heavy (non-hydrogen) atoms. The lowest BCUT2D eigenvalue weighted by atomic mass is 10.1. The second-order valence-corrected chi connectivity index (χ2v) is 4.94. The van der Waals surface area contributed by atoms with Gasteiger partial charge in [-0.1, -0.05) is 47.5 Å². The average Bonchev–Trinajstić information content (AvgIpc) is 2.46. The summed E-state index contributed by atoms with van der Waals surface area (Å²) >= 11 is 5.71. The van der Waals surface area contributed by atoms with Gasteiger partial charge in [0.15, 0.2) is 5.78 Å². The number of nitrogens with zero attached hydrogens (tertiary/aromatic N) is 1. The van der Waals surface area contributed by atoms with E-state index in [2.05, 4.69) is 0 Å². The topological polar surface area (TPSA) is 60.2 Å². The first-order valence-electron chi connectivity index (χ1n) is 6.20. The van der Waals surface area contributed by atoms with Crippen LogP contribution in [-0.4, -0.2) is 10.7 Å². The Balaban J connectivity index is 2.22. The maximum atomic E-state index is 12.0. The van der Waals surface area contributed by atoms with Crippen LogP contribution in [0.4, 0.5) is 5.69 Å². The minimum Gasteiger partial charge on any atom is -0.289 e. The molecule has 0 heterocycles. The fourth-order valence-electron chi connectivity index (χ4n) is 1.75. The van der Waals surface area contributed by atoms with Gasteiger partial charge in [0.2, 0.25) is 0 Å². The molecule has 0 saturated carbocycles. The Morgan fingerprint density at radius 3 is 2.48 bits per heavy atom. The highest BCUT2D eigenvalue weighted by Gasteiger charge is 2.14. The van der Waals surface area contributed by atoms with Crippen molar-refractivity contribution in [2.75, 3.05) is 0 Å². The zero-order chi connectivity index (χ0) is 15.4. The highest BCUT2D eigenvalue weighted by atomic mass is 35.5. The van der Waals surface area contributed by atoms with Crippen LogP contribution in [0.25, 0.3) is 6.08 Å². The Kier molecular flexibility index (Phi) is 4.50. The number of aryl methyl sites for hydroxylation is 1. The second-order valence-electron chi connectivity index (χ2n) is 4.53. The first kappa shape index (κ1) is 14.9. The van der Waals surface area contributed by atoms with Crippen molar-refractivity contribution in [2.45, 2.75) is 6.92 Å². The molecule has 5 heteroatoms. The molecular formula is C16H12ClNO3. The predicted molar refractivity (Wildman–Crippen MR) is 82.6 cm³/mol. The fourth-order valence-corrected chi connectivity index (χ4v) is 1.94. The normalized spacial score (nSPS) is 10.8. The van der Waals surface area contributed by atoms with Crippen molar-refractivity contribution in [3.8, 4) is 0 Å². The van der Waals surface area contributed by atoms with Crippen LogP contribution in [0.5, 0.6) is 0 Å². The number of hydrogen-bond donors (Lipinski definition) is 0. The highest BCUT2D eigenvalue weighted by Crippen LogP contribution is 2.25. The molecule has 106 valence electrons. The summed E-state index contributed by atoms with van der Waals surface area (Å²) in [5.41, 5.74) is 1.98. The van der Waals surface area contributed by atoms with E-state index in [0.717, 1.165) is 11.1 Å². The number of hydrogen-bond acceptors (Lipinski definition) is 3. The molecule has 0 aromatic heterocycles. The number of nitro benzene ring substituents is 1. The van der Waals surface area contributed by atoms with Crippen molar-refractivity contribution in [2.24, 2.45) is 0 Å². The van der Waals surface area contributed by atoms with E-state index in [1.165, 1.54) is 24.3 Å². The zero-order valence-corrected chi connectivity index (χ0v) is 12.0. The minimum atomic E-state index is -0.608. The molecule has 0 bridgehead atoms. The molecule has 4 nitrogen and oxygen atoms in total. The van der Waals surface area contributed by atoms with Crippen molar-refractivity contribution < 1.29 is 9.72 Å². The molecule has 2 aromatic rings. The third-order valence-electron chi connectivity index (χ3n) is 2.93. The SMILES string of the molecule is Cc1ccc(/C=C/C(=O)c2ccc(Cl)c([N+](=O)[O-])c2)cc1. The zero-order valence-electron chi connectivity index (χ0n) is 11.2. The number of carbonyl (C=O) groups excluding carboxylic acids is 1. The molecule has 0 unspecified atom stereocenters. The van der Waals surface area contributed by atoms with Gasteiger partial charge >= 0.3 is 0 Å². The smallest absolute Gasteiger partial charge is 0.288 e. The van der Waals surface area contributed by atoms with Crippen LogP contribution in [0, 0.1) is 17.0 Å². The number of benzene rings is 2. The molecule has 2 aromatic carbocycles. The summed E-state index contributed by atoms with van der Waals surface area (Å²) in [6.07, 6.45) is 3.06. The Labute approximate surface area is 126 Å². The van der Waals surface area contributed by atoms with E-state index in [-0.39, 0.29) is 22.1 Å². The molecule has 0 saturated heterocycles. The van der Waals surface area contributed by atoms with Gasteiger partial charge in [-0.2, -0.15) is 0 Å². The minimum absolute atomic E-state index is 0.0130. The maximum absolute atomic E-state index is 12.0. The third kappa shape index (κ3) is 3.77. The van der Waals surface area contributed by atoms with Crippen molar-refractivity contribution >= 4 is 29.1 Å². The fraction of sp³-hybridized carbons (Fsp3) is 0.0625. The molecule has 0 atom stereocenters. The summed E-state index contributed by atoms with van der Waals surface area (Å²) in [6, 6.07) is 11.7. The lowest BCUT2D eigenvalue weighted by Crippen LogP contribution is -1.97. The van der Waals surface area contributed by atoms with Gasteiger partial charge < -0.3 is 0 Å². The van der Waals surface area contributed by atoms with Crippen LogP contribution in [-0.2, 0) is 0 Å². The Bertz CT molecular complexity index is 721. The maximum Gasteiger partial charge on any atom is 0.288 e. The Hall–Kier alpha value is -2.46. The predicted octanol–water partition coefficient (Wildman–Crippen LogP) is 4.45. The van der Waals surface area contributed by atoms with Gasteiger partial charge in [-0.3, -0.25) is 14.9 Å². The molecule has 0 radical (unpaired) electrons. The van der Waals surface area contributed by atoms with Gasteiger partial charge in [-0.25, -0.2) is 0 Å². The van der Waals surface area contributed by atoms with Gasteiger partial charge in [0.05, 0.1) is 4.92 Å². The van der Waals surface area contributed by atoms with E-state index in [1.54, 1.807) is 6.08 Å². The molecule has 0 spiro atoms. The Morgan fingerprint density at radius 1 is 1.19 bits per heavy atom. The molecule has 0 fully saturated rings. The summed E-state index contributed by atoms with van der Waals surface area (Å²) < 4.78 is 0. The summed E-state index contributed by atoms with van der Waals surface area (Å²) in [7, 11) is 0. The van der Waals surface area contributed by atoms with Crippen molar-refractivity contribution in [1.29, 1.82) is 0 Å². The monoisotopic (exact) mass is 301 g/mol. The molecule has 0 aliphatic heterocycles. The quantitative estimate of drug-likeness (QED) is 0.363. The largest absolute Gasteiger partial charge is 0.289 e. The summed E-state index contributed by atoms with van der Waals surface area (Å²) in [6.45, 7) is 1.98. The van der Waals surface area contributed by atoms with Gasteiger partial charge in [0.1, 0.15) is 5.02 Å².